The molecule has 1 saturated heterocycles. The number of nitrogens with zero attached hydrogens (tertiary/aromatic N) is 5. The lowest BCUT2D eigenvalue weighted by atomic mass is 10.0. The van der Waals surface area contributed by atoms with E-state index in [1.807, 2.05) is 35.0 Å². The van der Waals surface area contributed by atoms with E-state index in [9.17, 15) is 0 Å². The zero-order valence-corrected chi connectivity index (χ0v) is 11.2. The van der Waals surface area contributed by atoms with Crippen molar-refractivity contribution in [3.8, 4) is 5.69 Å². The highest BCUT2D eigenvalue weighted by atomic mass is 15.5. The molecule has 1 atom stereocenters. The van der Waals surface area contributed by atoms with Gasteiger partial charge in [0, 0.05) is 6.04 Å². The molecule has 0 N–H and O–H groups in total. The predicted molar refractivity (Wildman–Crippen MR) is 72.9 cm³/mol. The Kier molecular flexibility index (Phi) is 3.55. The minimum atomic E-state index is 0.620. The Morgan fingerprint density at radius 2 is 2.05 bits per heavy atom. The Labute approximate surface area is 113 Å². The van der Waals surface area contributed by atoms with Gasteiger partial charge in [0.05, 0.1) is 12.2 Å². The molecule has 1 fully saturated rings. The number of hydrogen-bond acceptors (Lipinski definition) is 4. The molecule has 0 saturated carbocycles. The summed E-state index contributed by atoms with van der Waals surface area (Å²) in [5.74, 6) is 0.917. The molecule has 1 aliphatic heterocycles. The highest BCUT2D eigenvalue weighted by Gasteiger charge is 2.21. The van der Waals surface area contributed by atoms with Crippen molar-refractivity contribution in [2.75, 3.05) is 6.54 Å². The van der Waals surface area contributed by atoms with Gasteiger partial charge in [0.25, 0.3) is 0 Å². The first-order chi connectivity index (χ1) is 9.34. The number of aromatic nitrogens is 4. The molecule has 0 radical (unpaired) electrons. The van der Waals surface area contributed by atoms with E-state index in [2.05, 4.69) is 27.3 Å². The van der Waals surface area contributed by atoms with Gasteiger partial charge in [0.1, 0.15) is 0 Å². The first kappa shape index (κ1) is 12.3. The van der Waals surface area contributed by atoms with Crippen molar-refractivity contribution in [1.29, 1.82) is 0 Å². The number of hydrogen-bond donors (Lipinski definition) is 0. The summed E-state index contributed by atoms with van der Waals surface area (Å²) in [6.07, 6.45) is 3.88. The molecule has 0 spiro atoms. The summed E-state index contributed by atoms with van der Waals surface area (Å²) >= 11 is 0. The van der Waals surface area contributed by atoms with E-state index in [0.717, 1.165) is 24.6 Å². The fourth-order valence-electron chi connectivity index (χ4n) is 2.65. The smallest absolute Gasteiger partial charge is 0.170 e. The van der Waals surface area contributed by atoms with Crippen LogP contribution in [0.5, 0.6) is 0 Å². The van der Waals surface area contributed by atoms with Gasteiger partial charge < -0.3 is 0 Å². The van der Waals surface area contributed by atoms with Crippen LogP contribution in [-0.4, -0.2) is 37.7 Å². The monoisotopic (exact) mass is 257 g/mol. The zero-order valence-electron chi connectivity index (χ0n) is 11.2. The van der Waals surface area contributed by atoms with Crippen LogP contribution in [0.1, 0.15) is 32.0 Å². The molecule has 0 aliphatic carbocycles. The summed E-state index contributed by atoms with van der Waals surface area (Å²) in [6.45, 7) is 4.25. The Morgan fingerprint density at radius 1 is 1.21 bits per heavy atom. The first-order valence-corrected chi connectivity index (χ1v) is 6.91. The van der Waals surface area contributed by atoms with E-state index in [4.69, 9.17) is 0 Å². The number of tetrazole rings is 1. The number of likely N-dealkylation sites (tertiary alicyclic amines) is 1. The van der Waals surface area contributed by atoms with Crippen LogP contribution in [-0.2, 0) is 6.54 Å². The fraction of sp³-hybridized carbons (Fsp3) is 0.500. The van der Waals surface area contributed by atoms with Gasteiger partial charge >= 0.3 is 0 Å². The van der Waals surface area contributed by atoms with Crippen LogP contribution in [0.15, 0.2) is 30.3 Å². The highest BCUT2D eigenvalue weighted by Crippen LogP contribution is 2.19. The van der Waals surface area contributed by atoms with E-state index in [-0.39, 0.29) is 0 Å². The van der Waals surface area contributed by atoms with Gasteiger partial charge in [-0.05, 0) is 48.9 Å². The van der Waals surface area contributed by atoms with Crippen molar-refractivity contribution in [1.82, 2.24) is 25.1 Å². The lowest BCUT2D eigenvalue weighted by Gasteiger charge is -2.32. The Morgan fingerprint density at radius 3 is 2.84 bits per heavy atom. The number of piperidine rings is 1. The van der Waals surface area contributed by atoms with Crippen LogP contribution in [0.3, 0.4) is 0 Å². The SMILES string of the molecule is C[C@@H]1CCCCN1Cc1nnnn1-c1ccccc1. The molecule has 100 valence electrons. The summed E-state index contributed by atoms with van der Waals surface area (Å²) in [4.78, 5) is 2.47. The Balaban J connectivity index is 1.81. The molecular formula is C14H19N5. The maximum Gasteiger partial charge on any atom is 0.170 e. The van der Waals surface area contributed by atoms with Gasteiger partial charge in [-0.2, -0.15) is 4.68 Å². The summed E-state index contributed by atoms with van der Waals surface area (Å²) in [5, 5.41) is 12.1. The average Bonchev–Trinajstić information content (AvgIpc) is 2.91. The minimum absolute atomic E-state index is 0.620. The third kappa shape index (κ3) is 2.66. The molecule has 2 heterocycles. The molecule has 0 bridgehead atoms. The Bertz CT molecular complexity index is 522. The minimum Gasteiger partial charge on any atom is -0.293 e. The normalized spacial score (nSPS) is 20.6. The van der Waals surface area contributed by atoms with Gasteiger partial charge in [-0.1, -0.05) is 24.6 Å². The van der Waals surface area contributed by atoms with Gasteiger partial charge in [-0.25, -0.2) is 0 Å². The van der Waals surface area contributed by atoms with Crippen molar-refractivity contribution in [3.63, 3.8) is 0 Å². The molecule has 1 aromatic carbocycles. The van der Waals surface area contributed by atoms with E-state index in [1.54, 1.807) is 0 Å². The van der Waals surface area contributed by atoms with Gasteiger partial charge in [-0.15, -0.1) is 5.10 Å². The largest absolute Gasteiger partial charge is 0.293 e. The standard InChI is InChI=1S/C14H19N5/c1-12-7-5-6-10-18(12)11-14-15-16-17-19(14)13-8-3-2-4-9-13/h2-4,8-9,12H,5-7,10-11H2,1H3/t12-/m1/s1. The van der Waals surface area contributed by atoms with Crippen molar-refractivity contribution in [2.24, 2.45) is 0 Å². The molecular weight excluding hydrogens is 238 g/mol. The second-order valence-electron chi connectivity index (χ2n) is 5.16. The van der Waals surface area contributed by atoms with Crippen LogP contribution in [0, 0.1) is 0 Å². The fourth-order valence-corrected chi connectivity index (χ4v) is 2.65. The highest BCUT2D eigenvalue weighted by molar-refractivity contribution is 5.30. The summed E-state index contributed by atoms with van der Waals surface area (Å²) in [7, 11) is 0. The molecule has 0 amide bonds. The molecule has 3 rings (SSSR count). The second-order valence-corrected chi connectivity index (χ2v) is 5.16. The predicted octanol–water partition coefficient (Wildman–Crippen LogP) is 2.04. The number of para-hydroxylation sites is 1. The second kappa shape index (κ2) is 5.48. The lowest BCUT2D eigenvalue weighted by molar-refractivity contribution is 0.148. The maximum atomic E-state index is 4.18. The van der Waals surface area contributed by atoms with E-state index < -0.39 is 0 Å². The van der Waals surface area contributed by atoms with Crippen LogP contribution in [0.2, 0.25) is 0 Å². The molecule has 19 heavy (non-hydrogen) atoms. The Hall–Kier alpha value is -1.75. The van der Waals surface area contributed by atoms with E-state index in [0.29, 0.717) is 6.04 Å². The van der Waals surface area contributed by atoms with Gasteiger partial charge in [-0.3, -0.25) is 4.90 Å². The number of benzene rings is 1. The molecule has 2 aromatic rings. The zero-order chi connectivity index (χ0) is 13.1. The van der Waals surface area contributed by atoms with Crippen molar-refractivity contribution in [2.45, 2.75) is 38.8 Å². The third-order valence-corrected chi connectivity index (χ3v) is 3.82. The van der Waals surface area contributed by atoms with Crippen molar-refractivity contribution < 1.29 is 0 Å². The summed E-state index contributed by atoms with van der Waals surface area (Å²) < 4.78 is 1.83. The van der Waals surface area contributed by atoms with Gasteiger partial charge in [0.15, 0.2) is 5.82 Å². The number of rotatable bonds is 3. The average molecular weight is 257 g/mol. The van der Waals surface area contributed by atoms with Crippen LogP contribution >= 0.6 is 0 Å². The molecule has 1 aromatic heterocycles. The molecule has 0 unspecified atom stereocenters. The van der Waals surface area contributed by atoms with Crippen LogP contribution in [0.25, 0.3) is 5.69 Å². The molecule has 1 aliphatic rings. The maximum absolute atomic E-state index is 4.18. The molecule has 5 nitrogen and oxygen atoms in total. The molecule has 5 heteroatoms. The summed E-state index contributed by atoms with van der Waals surface area (Å²) in [6, 6.07) is 10.7. The topological polar surface area (TPSA) is 46.8 Å². The van der Waals surface area contributed by atoms with Crippen LogP contribution < -0.4 is 0 Å². The first-order valence-electron chi connectivity index (χ1n) is 6.91. The quantitative estimate of drug-likeness (QED) is 0.844. The van der Waals surface area contributed by atoms with Crippen molar-refractivity contribution in [3.05, 3.63) is 36.2 Å². The van der Waals surface area contributed by atoms with E-state index in [1.165, 1.54) is 19.3 Å². The summed E-state index contributed by atoms with van der Waals surface area (Å²) in [5.41, 5.74) is 1.02. The lowest BCUT2D eigenvalue weighted by Crippen LogP contribution is -2.37. The van der Waals surface area contributed by atoms with Crippen LogP contribution in [0.4, 0.5) is 0 Å². The van der Waals surface area contributed by atoms with E-state index >= 15 is 0 Å². The van der Waals surface area contributed by atoms with Crippen molar-refractivity contribution >= 4 is 0 Å². The third-order valence-electron chi connectivity index (χ3n) is 3.82. The van der Waals surface area contributed by atoms with Gasteiger partial charge in [0.2, 0.25) is 0 Å².